The predicted octanol–water partition coefficient (Wildman–Crippen LogP) is 5.10. The molecule has 2 aliphatic rings. The Morgan fingerprint density at radius 3 is 2.62 bits per heavy atom. The molecule has 2 heterocycles. The third kappa shape index (κ3) is 5.30. The fourth-order valence-electron chi connectivity index (χ4n) is 3.56. The van der Waals surface area contributed by atoms with Gasteiger partial charge in [-0.2, -0.15) is 25.6 Å². The lowest BCUT2D eigenvalue weighted by atomic mass is 10.1. The van der Waals surface area contributed by atoms with E-state index in [2.05, 4.69) is 17.0 Å². The Morgan fingerprint density at radius 1 is 1.28 bits per heavy atom. The summed E-state index contributed by atoms with van der Waals surface area (Å²) in [5.74, 6) is 3.29. The molecule has 0 atom stereocenters. The van der Waals surface area contributed by atoms with Crippen molar-refractivity contribution >= 4 is 29.0 Å². The van der Waals surface area contributed by atoms with Gasteiger partial charge >= 0.3 is 6.61 Å². The van der Waals surface area contributed by atoms with E-state index in [4.69, 9.17) is 5.10 Å². The van der Waals surface area contributed by atoms with Crippen LogP contribution in [0.25, 0.3) is 16.6 Å². The molecule has 1 saturated heterocycles. The Morgan fingerprint density at radius 2 is 2.06 bits per heavy atom. The monoisotopic (exact) mass is 459 g/mol. The number of hydrogen-bond donors (Lipinski definition) is 1. The molecule has 0 bridgehead atoms. The van der Waals surface area contributed by atoms with Crippen molar-refractivity contribution in [2.75, 3.05) is 18.6 Å². The van der Waals surface area contributed by atoms with Crippen LogP contribution in [0.15, 0.2) is 42.5 Å². The molecule has 0 radical (unpaired) electrons. The third-order valence-corrected chi connectivity index (χ3v) is 7.51. The van der Waals surface area contributed by atoms with E-state index in [1.807, 2.05) is 30.9 Å². The number of carbonyl (C=O) groups excluding carboxylic acids is 1. The van der Waals surface area contributed by atoms with Gasteiger partial charge in [-0.15, -0.1) is 0 Å². The average Bonchev–Trinajstić information content (AvgIpc) is 3.52. The van der Waals surface area contributed by atoms with Gasteiger partial charge in [0.2, 0.25) is 0 Å². The van der Waals surface area contributed by atoms with Crippen molar-refractivity contribution in [3.8, 4) is 11.4 Å². The zero-order valence-electron chi connectivity index (χ0n) is 18.2. The van der Waals surface area contributed by atoms with E-state index < -0.39 is 6.61 Å². The molecule has 32 heavy (non-hydrogen) atoms. The number of nitrogens with one attached hydrogen (secondary N) is 1. The number of carbonyl (C=O) groups is 1. The molecular formula is C24H27F2N3O2S. The standard InChI is InChI=1S/C19H16F2N2O2.C5H11NS/c20-19(21)25-15-3-1-2-14(10-15)23-18-7-6-13(11-24)8-16(18)17(22-23)9-12-4-5-12;1-5(6-2)3-7-4-5/h1-3,6-8,10-12,19H,4-5,9H2;6H,3-4H2,1-2H3. The van der Waals surface area contributed by atoms with Crippen LogP contribution in [0.1, 0.15) is 35.8 Å². The second kappa shape index (κ2) is 9.58. The number of alkyl halides is 2. The van der Waals surface area contributed by atoms with Gasteiger partial charge in [0, 0.05) is 34.1 Å². The summed E-state index contributed by atoms with van der Waals surface area (Å²) in [5.41, 5.74) is 3.49. The van der Waals surface area contributed by atoms with Crippen LogP contribution in [0.5, 0.6) is 5.75 Å². The van der Waals surface area contributed by atoms with Crippen molar-refractivity contribution in [3.05, 3.63) is 53.7 Å². The molecule has 3 aromatic rings. The first-order valence-corrected chi connectivity index (χ1v) is 11.8. The summed E-state index contributed by atoms with van der Waals surface area (Å²) in [6, 6.07) is 11.9. The minimum absolute atomic E-state index is 0.0874. The van der Waals surface area contributed by atoms with Gasteiger partial charge in [0.15, 0.2) is 0 Å². The Bertz CT molecular complexity index is 1090. The van der Waals surface area contributed by atoms with Gasteiger partial charge in [0.25, 0.3) is 0 Å². The molecule has 2 fully saturated rings. The summed E-state index contributed by atoms with van der Waals surface area (Å²) in [6.07, 6.45) is 4.06. The zero-order chi connectivity index (χ0) is 22.7. The number of halogens is 2. The lowest BCUT2D eigenvalue weighted by Gasteiger charge is -2.37. The summed E-state index contributed by atoms with van der Waals surface area (Å²) < 4.78 is 31.1. The number of fused-ring (bicyclic) bond motifs is 1. The Balaban J connectivity index is 0.000000300. The fraction of sp³-hybridized carbons (Fsp3) is 0.417. The normalized spacial score (nSPS) is 16.9. The predicted molar refractivity (Wildman–Crippen MR) is 124 cm³/mol. The second-order valence-electron chi connectivity index (χ2n) is 8.58. The van der Waals surface area contributed by atoms with Crippen LogP contribution in [0.3, 0.4) is 0 Å². The minimum Gasteiger partial charge on any atom is -0.435 e. The van der Waals surface area contributed by atoms with Crippen molar-refractivity contribution in [1.82, 2.24) is 15.1 Å². The number of aldehydes is 1. The number of nitrogens with zero attached hydrogens (tertiary/aromatic N) is 2. The fourth-order valence-corrected chi connectivity index (χ4v) is 4.66. The van der Waals surface area contributed by atoms with E-state index in [0.29, 0.717) is 22.7 Å². The van der Waals surface area contributed by atoms with Gasteiger partial charge < -0.3 is 10.1 Å². The molecule has 2 aromatic carbocycles. The van der Waals surface area contributed by atoms with Crippen LogP contribution < -0.4 is 10.1 Å². The van der Waals surface area contributed by atoms with Gasteiger partial charge in [-0.05, 0) is 69.5 Å². The van der Waals surface area contributed by atoms with Crippen molar-refractivity contribution in [3.63, 3.8) is 0 Å². The smallest absolute Gasteiger partial charge is 0.387 e. The quantitative estimate of drug-likeness (QED) is 0.498. The molecule has 1 N–H and O–H groups in total. The van der Waals surface area contributed by atoms with Crippen molar-refractivity contribution in [2.24, 2.45) is 5.92 Å². The van der Waals surface area contributed by atoms with Crippen LogP contribution in [-0.2, 0) is 6.42 Å². The highest BCUT2D eigenvalue weighted by atomic mass is 32.2. The summed E-state index contributed by atoms with van der Waals surface area (Å²) in [5, 5.41) is 8.88. The van der Waals surface area contributed by atoms with E-state index in [0.717, 1.165) is 29.3 Å². The maximum Gasteiger partial charge on any atom is 0.387 e. The molecule has 0 amide bonds. The molecule has 1 aliphatic carbocycles. The zero-order valence-corrected chi connectivity index (χ0v) is 19.0. The van der Waals surface area contributed by atoms with Crippen LogP contribution >= 0.6 is 11.8 Å². The summed E-state index contributed by atoms with van der Waals surface area (Å²) in [6.45, 7) is -0.617. The molecule has 170 valence electrons. The topological polar surface area (TPSA) is 56.2 Å². The van der Waals surface area contributed by atoms with E-state index in [-0.39, 0.29) is 5.75 Å². The number of thioether (sulfide) groups is 1. The first-order valence-electron chi connectivity index (χ1n) is 10.7. The molecule has 5 rings (SSSR count). The Hall–Kier alpha value is -2.45. The van der Waals surface area contributed by atoms with Gasteiger partial charge in [-0.3, -0.25) is 4.79 Å². The summed E-state index contributed by atoms with van der Waals surface area (Å²) >= 11 is 2.01. The summed E-state index contributed by atoms with van der Waals surface area (Å²) in [7, 11) is 2.03. The highest BCUT2D eigenvalue weighted by Crippen LogP contribution is 2.35. The van der Waals surface area contributed by atoms with E-state index in [9.17, 15) is 13.6 Å². The lowest BCUT2D eigenvalue weighted by Crippen LogP contribution is -2.51. The summed E-state index contributed by atoms with van der Waals surface area (Å²) in [4.78, 5) is 11.1. The average molecular weight is 460 g/mol. The Labute approximate surface area is 190 Å². The third-order valence-electron chi connectivity index (χ3n) is 5.83. The molecule has 8 heteroatoms. The molecule has 1 aliphatic heterocycles. The van der Waals surface area contributed by atoms with E-state index in [1.54, 1.807) is 22.9 Å². The van der Waals surface area contributed by atoms with Crippen LogP contribution in [0.2, 0.25) is 0 Å². The second-order valence-corrected chi connectivity index (χ2v) is 9.57. The van der Waals surface area contributed by atoms with Gasteiger partial charge in [0.1, 0.15) is 12.0 Å². The first kappa shape index (κ1) is 22.7. The Kier molecular flexibility index (Phi) is 6.81. The molecule has 1 saturated carbocycles. The molecule has 1 aromatic heterocycles. The lowest BCUT2D eigenvalue weighted by molar-refractivity contribution is -0.0498. The number of benzene rings is 2. The molecule has 5 nitrogen and oxygen atoms in total. The highest BCUT2D eigenvalue weighted by molar-refractivity contribution is 8.00. The van der Waals surface area contributed by atoms with E-state index >= 15 is 0 Å². The molecule has 0 unspecified atom stereocenters. The van der Waals surface area contributed by atoms with Crippen molar-refractivity contribution in [2.45, 2.75) is 38.3 Å². The maximum atomic E-state index is 12.5. The highest BCUT2D eigenvalue weighted by Gasteiger charge is 2.30. The number of aromatic nitrogens is 2. The number of hydrogen-bond acceptors (Lipinski definition) is 5. The first-order chi connectivity index (χ1) is 15.4. The number of rotatable bonds is 7. The molecule has 0 spiro atoms. The largest absolute Gasteiger partial charge is 0.435 e. The van der Waals surface area contributed by atoms with Crippen molar-refractivity contribution in [1.29, 1.82) is 0 Å². The number of ether oxygens (including phenoxy) is 1. The van der Waals surface area contributed by atoms with Crippen LogP contribution in [-0.4, -0.2) is 46.8 Å². The van der Waals surface area contributed by atoms with Gasteiger partial charge in [0.05, 0.1) is 16.9 Å². The SMILES string of the molecule is CNC1(C)CSC1.O=Cc1ccc2c(c1)c(CC1CC1)nn2-c1cccc(OC(F)F)c1. The van der Waals surface area contributed by atoms with Crippen LogP contribution in [0.4, 0.5) is 8.78 Å². The van der Waals surface area contributed by atoms with Gasteiger partial charge in [-0.1, -0.05) is 6.07 Å². The van der Waals surface area contributed by atoms with Gasteiger partial charge in [-0.25, -0.2) is 4.68 Å². The molecular weight excluding hydrogens is 432 g/mol. The minimum atomic E-state index is -2.87. The maximum absolute atomic E-state index is 12.5. The van der Waals surface area contributed by atoms with E-state index in [1.165, 1.54) is 36.5 Å². The van der Waals surface area contributed by atoms with Crippen molar-refractivity contribution < 1.29 is 18.3 Å². The van der Waals surface area contributed by atoms with Crippen LogP contribution in [0, 0.1) is 5.92 Å².